The zero-order chi connectivity index (χ0) is 21.1. The van der Waals surface area contributed by atoms with Crippen LogP contribution in [-0.4, -0.2) is 29.3 Å². The minimum atomic E-state index is -4.38. The fourth-order valence-electron chi connectivity index (χ4n) is 3.90. The molecule has 2 unspecified atom stereocenters. The molecule has 156 valence electrons. The van der Waals surface area contributed by atoms with Gasteiger partial charge in [-0.2, -0.15) is 13.2 Å². The van der Waals surface area contributed by atoms with E-state index in [0.29, 0.717) is 18.8 Å². The van der Waals surface area contributed by atoms with Gasteiger partial charge in [-0.15, -0.1) is 0 Å². The quantitative estimate of drug-likeness (QED) is 0.614. The van der Waals surface area contributed by atoms with Gasteiger partial charge in [-0.3, -0.25) is 4.90 Å². The Kier molecular flexibility index (Phi) is 5.79. The molecule has 0 saturated carbocycles. The predicted octanol–water partition coefficient (Wildman–Crippen LogP) is 5.05. The highest BCUT2D eigenvalue weighted by atomic mass is 19.4. The summed E-state index contributed by atoms with van der Waals surface area (Å²) in [5, 5.41) is 10.6. The van der Waals surface area contributed by atoms with Crippen molar-refractivity contribution in [2.45, 2.75) is 24.9 Å². The van der Waals surface area contributed by atoms with E-state index in [1.165, 1.54) is 23.3 Å². The largest absolute Gasteiger partial charge is 0.491 e. The molecular weight excluding hydrogens is 391 g/mol. The minimum Gasteiger partial charge on any atom is -0.491 e. The van der Waals surface area contributed by atoms with Crippen LogP contribution < -0.4 is 4.74 Å². The summed E-state index contributed by atoms with van der Waals surface area (Å²) >= 11 is 0. The fourth-order valence-corrected chi connectivity index (χ4v) is 3.90. The van der Waals surface area contributed by atoms with Gasteiger partial charge in [0.25, 0.3) is 0 Å². The SMILES string of the molecule is OC(COc1ccc(C(F)(F)F)cc1)CN1Cc2ccccc2C1c1ccccc1. The van der Waals surface area contributed by atoms with Crippen molar-refractivity contribution >= 4 is 0 Å². The molecule has 0 spiro atoms. The molecule has 0 amide bonds. The average Bonchev–Trinajstić information content (AvgIpc) is 3.10. The number of benzene rings is 3. The van der Waals surface area contributed by atoms with Crippen LogP contribution in [0.5, 0.6) is 5.75 Å². The maximum absolute atomic E-state index is 12.7. The van der Waals surface area contributed by atoms with E-state index in [9.17, 15) is 18.3 Å². The van der Waals surface area contributed by atoms with Crippen molar-refractivity contribution in [2.75, 3.05) is 13.2 Å². The van der Waals surface area contributed by atoms with Gasteiger partial charge in [0.05, 0.1) is 11.6 Å². The lowest BCUT2D eigenvalue weighted by molar-refractivity contribution is -0.137. The Morgan fingerprint density at radius 3 is 2.30 bits per heavy atom. The van der Waals surface area contributed by atoms with Gasteiger partial charge in [-0.05, 0) is 41.0 Å². The van der Waals surface area contributed by atoms with E-state index >= 15 is 0 Å². The Bertz CT molecular complexity index is 974. The molecule has 0 radical (unpaired) electrons. The van der Waals surface area contributed by atoms with Crippen LogP contribution in [0.3, 0.4) is 0 Å². The van der Waals surface area contributed by atoms with E-state index in [-0.39, 0.29) is 12.6 Å². The van der Waals surface area contributed by atoms with Crippen LogP contribution in [0, 0.1) is 0 Å². The average molecular weight is 413 g/mol. The summed E-state index contributed by atoms with van der Waals surface area (Å²) < 4.78 is 43.5. The molecule has 30 heavy (non-hydrogen) atoms. The van der Waals surface area contributed by atoms with Crippen molar-refractivity contribution in [1.82, 2.24) is 4.90 Å². The standard InChI is InChI=1S/C24H22F3NO2/c25-24(26,27)19-10-12-21(13-11-19)30-16-20(29)15-28-14-18-8-4-5-9-22(18)23(28)17-6-2-1-3-7-17/h1-13,20,23,29H,14-16H2. The lowest BCUT2D eigenvalue weighted by atomic mass is 9.98. The smallest absolute Gasteiger partial charge is 0.416 e. The molecule has 3 nitrogen and oxygen atoms in total. The molecule has 0 aliphatic carbocycles. The number of fused-ring (bicyclic) bond motifs is 1. The van der Waals surface area contributed by atoms with Crippen LogP contribution in [0.25, 0.3) is 0 Å². The lowest BCUT2D eigenvalue weighted by Gasteiger charge is -2.27. The number of β-amino-alcohol motifs (C(OH)–C–C–N with tert-alkyl or cyclic N) is 1. The molecule has 1 aliphatic heterocycles. The van der Waals surface area contributed by atoms with E-state index in [0.717, 1.165) is 17.7 Å². The second-order valence-corrected chi connectivity index (χ2v) is 7.43. The molecular formula is C24H22F3NO2. The molecule has 0 bridgehead atoms. The number of hydrogen-bond donors (Lipinski definition) is 1. The lowest BCUT2D eigenvalue weighted by Crippen LogP contribution is -2.35. The van der Waals surface area contributed by atoms with E-state index in [4.69, 9.17) is 4.74 Å². The number of rotatable bonds is 6. The maximum Gasteiger partial charge on any atom is 0.416 e. The van der Waals surface area contributed by atoms with Gasteiger partial charge in [0.2, 0.25) is 0 Å². The van der Waals surface area contributed by atoms with Gasteiger partial charge in [0.1, 0.15) is 18.5 Å². The molecule has 6 heteroatoms. The first kappa shape index (κ1) is 20.4. The summed E-state index contributed by atoms with van der Waals surface area (Å²) in [5.74, 6) is 0.298. The Labute approximate surface area is 173 Å². The Morgan fingerprint density at radius 2 is 1.60 bits per heavy atom. The van der Waals surface area contributed by atoms with Crippen molar-refractivity contribution in [1.29, 1.82) is 0 Å². The monoisotopic (exact) mass is 413 g/mol. The number of aliphatic hydroxyl groups excluding tert-OH is 1. The minimum absolute atomic E-state index is 0.000278. The van der Waals surface area contributed by atoms with Crippen molar-refractivity contribution in [3.63, 3.8) is 0 Å². The Morgan fingerprint density at radius 1 is 0.933 bits per heavy atom. The summed E-state index contributed by atoms with van der Waals surface area (Å²) in [7, 11) is 0. The van der Waals surface area contributed by atoms with E-state index in [2.05, 4.69) is 29.2 Å². The van der Waals surface area contributed by atoms with Crippen LogP contribution in [0.2, 0.25) is 0 Å². The molecule has 2 atom stereocenters. The van der Waals surface area contributed by atoms with Gasteiger partial charge in [0.15, 0.2) is 0 Å². The molecule has 3 aromatic carbocycles. The van der Waals surface area contributed by atoms with Crippen molar-refractivity contribution in [3.05, 3.63) is 101 Å². The van der Waals surface area contributed by atoms with E-state index < -0.39 is 17.8 Å². The Balaban J connectivity index is 1.42. The van der Waals surface area contributed by atoms with Gasteiger partial charge < -0.3 is 9.84 Å². The number of hydrogen-bond acceptors (Lipinski definition) is 3. The van der Waals surface area contributed by atoms with Crippen molar-refractivity contribution < 1.29 is 23.0 Å². The molecule has 0 saturated heterocycles. The van der Waals surface area contributed by atoms with Crippen LogP contribution in [0.15, 0.2) is 78.9 Å². The van der Waals surface area contributed by atoms with Gasteiger partial charge in [0, 0.05) is 13.1 Å². The zero-order valence-electron chi connectivity index (χ0n) is 16.2. The Hall–Kier alpha value is -2.83. The van der Waals surface area contributed by atoms with Gasteiger partial charge in [-0.25, -0.2) is 0 Å². The molecule has 4 rings (SSSR count). The summed E-state index contributed by atoms with van der Waals surface area (Å²) in [6.45, 7) is 1.10. The van der Waals surface area contributed by atoms with Crippen LogP contribution in [0.1, 0.15) is 28.3 Å². The van der Waals surface area contributed by atoms with Crippen LogP contribution >= 0.6 is 0 Å². The first-order chi connectivity index (χ1) is 14.4. The summed E-state index contributed by atoms with van der Waals surface area (Å²) in [6.07, 6.45) is -5.16. The molecule has 1 heterocycles. The second kappa shape index (κ2) is 8.50. The molecule has 0 fully saturated rings. The predicted molar refractivity (Wildman–Crippen MR) is 108 cm³/mol. The van der Waals surface area contributed by atoms with Crippen LogP contribution in [-0.2, 0) is 12.7 Å². The summed E-state index contributed by atoms with van der Waals surface area (Å²) in [6, 6.07) is 22.9. The number of ether oxygens (including phenoxy) is 1. The van der Waals surface area contributed by atoms with Crippen LogP contribution in [0.4, 0.5) is 13.2 Å². The number of nitrogens with zero attached hydrogens (tertiary/aromatic N) is 1. The topological polar surface area (TPSA) is 32.7 Å². The van der Waals surface area contributed by atoms with Gasteiger partial charge >= 0.3 is 6.18 Å². The van der Waals surface area contributed by atoms with Crippen molar-refractivity contribution in [3.8, 4) is 5.75 Å². The summed E-state index contributed by atoms with van der Waals surface area (Å²) in [4.78, 5) is 2.20. The van der Waals surface area contributed by atoms with E-state index in [1.807, 2.05) is 30.3 Å². The summed E-state index contributed by atoms with van der Waals surface area (Å²) in [5.41, 5.74) is 2.87. The van der Waals surface area contributed by atoms with Crippen molar-refractivity contribution in [2.24, 2.45) is 0 Å². The third-order valence-corrected chi connectivity index (χ3v) is 5.27. The molecule has 1 N–H and O–H groups in total. The number of halogens is 3. The fraction of sp³-hybridized carbons (Fsp3) is 0.250. The highest BCUT2D eigenvalue weighted by Crippen LogP contribution is 2.38. The normalized spacial score (nSPS) is 17.5. The second-order valence-electron chi connectivity index (χ2n) is 7.43. The van der Waals surface area contributed by atoms with Gasteiger partial charge in [-0.1, -0.05) is 54.6 Å². The first-order valence-electron chi connectivity index (χ1n) is 9.77. The number of aliphatic hydroxyl groups is 1. The molecule has 3 aromatic rings. The third kappa shape index (κ3) is 4.50. The highest BCUT2D eigenvalue weighted by Gasteiger charge is 2.32. The first-order valence-corrected chi connectivity index (χ1v) is 9.77. The third-order valence-electron chi connectivity index (χ3n) is 5.27. The van der Waals surface area contributed by atoms with E-state index in [1.54, 1.807) is 0 Å². The highest BCUT2D eigenvalue weighted by molar-refractivity contribution is 5.41. The number of alkyl halides is 3. The maximum atomic E-state index is 12.7. The zero-order valence-corrected chi connectivity index (χ0v) is 16.2. The molecule has 0 aromatic heterocycles. The molecule has 1 aliphatic rings.